The monoisotopic (exact) mass is 461 g/mol. The normalized spacial score (nSPS) is 15.4. The first-order valence-electron chi connectivity index (χ1n) is 10.1. The molecule has 0 aromatic carbocycles. The number of amides is 3. The van der Waals surface area contributed by atoms with E-state index in [0.717, 1.165) is 0 Å². The summed E-state index contributed by atoms with van der Waals surface area (Å²) in [6.07, 6.45) is 0.804. The minimum atomic E-state index is -1.42. The Labute approximate surface area is 186 Å². The van der Waals surface area contributed by atoms with Crippen LogP contribution in [0.2, 0.25) is 0 Å². The molecule has 32 heavy (non-hydrogen) atoms. The van der Waals surface area contributed by atoms with Gasteiger partial charge in [-0.15, -0.1) is 0 Å². The summed E-state index contributed by atoms with van der Waals surface area (Å²) >= 11 is 0. The van der Waals surface area contributed by atoms with Crippen molar-refractivity contribution >= 4 is 29.7 Å². The number of guanidine groups is 1. The highest BCUT2D eigenvalue weighted by Gasteiger charge is 2.32. The molecular weight excluding hydrogens is 426 g/mol. The highest BCUT2D eigenvalue weighted by atomic mass is 16.4. The fraction of sp³-hybridized carbons (Fsp3) is 0.722. The van der Waals surface area contributed by atoms with Crippen molar-refractivity contribution in [3.05, 3.63) is 0 Å². The number of aliphatic hydroxyl groups excluding tert-OH is 2. The van der Waals surface area contributed by atoms with E-state index in [2.05, 4.69) is 20.9 Å². The molecule has 3 amide bonds. The van der Waals surface area contributed by atoms with E-state index in [1.807, 2.05) is 0 Å². The highest BCUT2D eigenvalue weighted by molar-refractivity contribution is 5.94. The molecule has 0 spiro atoms. The molecule has 0 fully saturated rings. The summed E-state index contributed by atoms with van der Waals surface area (Å²) in [6.45, 7) is 2.18. The van der Waals surface area contributed by atoms with E-state index in [1.165, 1.54) is 0 Å². The van der Waals surface area contributed by atoms with Crippen LogP contribution >= 0.6 is 0 Å². The quantitative estimate of drug-likeness (QED) is 0.0647. The van der Waals surface area contributed by atoms with Gasteiger partial charge in [0, 0.05) is 6.54 Å². The van der Waals surface area contributed by atoms with Crippen LogP contribution < -0.4 is 33.2 Å². The van der Waals surface area contributed by atoms with Crippen LogP contribution in [0.4, 0.5) is 0 Å². The first-order chi connectivity index (χ1) is 15.0. The predicted molar refractivity (Wildman–Crippen MR) is 115 cm³/mol. The number of carbonyl (C=O) groups excluding carboxylic acids is 3. The molecule has 0 aromatic rings. The SMILES string of the molecule is CCC(C)C(NC(=O)C(CO)NC(=O)C(N)CO)C(=O)NC(CCCN=C(N)N)C(=O)O. The Bertz CT molecular complexity index is 670. The number of aliphatic hydroxyl groups is 2. The summed E-state index contributed by atoms with van der Waals surface area (Å²) in [6, 6.07) is -5.09. The highest BCUT2D eigenvalue weighted by Crippen LogP contribution is 2.10. The number of aliphatic imine (C=N–C) groups is 1. The van der Waals surface area contributed by atoms with E-state index in [0.29, 0.717) is 12.8 Å². The summed E-state index contributed by atoms with van der Waals surface area (Å²) in [5.74, 6) is -4.27. The number of carboxylic acids is 1. The maximum Gasteiger partial charge on any atom is 0.326 e. The smallest absolute Gasteiger partial charge is 0.326 e. The third-order valence-electron chi connectivity index (χ3n) is 4.70. The van der Waals surface area contributed by atoms with Gasteiger partial charge in [0.05, 0.1) is 13.2 Å². The zero-order chi connectivity index (χ0) is 24.8. The molecule has 0 aliphatic rings. The summed E-state index contributed by atoms with van der Waals surface area (Å²) in [7, 11) is 0. The van der Waals surface area contributed by atoms with Crippen molar-refractivity contribution in [3.8, 4) is 0 Å². The van der Waals surface area contributed by atoms with Crippen molar-refractivity contribution in [2.45, 2.75) is 57.3 Å². The van der Waals surface area contributed by atoms with E-state index in [4.69, 9.17) is 22.3 Å². The molecular formula is C18H35N7O7. The molecule has 14 nitrogen and oxygen atoms in total. The van der Waals surface area contributed by atoms with Gasteiger partial charge < -0.3 is 48.5 Å². The number of aliphatic carboxylic acids is 1. The summed E-state index contributed by atoms with van der Waals surface area (Å²) in [4.78, 5) is 52.3. The van der Waals surface area contributed by atoms with Gasteiger partial charge in [0.1, 0.15) is 24.2 Å². The molecule has 14 heteroatoms. The third-order valence-corrected chi connectivity index (χ3v) is 4.70. The Hall–Kier alpha value is -2.97. The molecule has 12 N–H and O–H groups in total. The van der Waals surface area contributed by atoms with Crippen LogP contribution in [0.25, 0.3) is 0 Å². The molecule has 0 radical (unpaired) electrons. The van der Waals surface area contributed by atoms with Gasteiger partial charge in [-0.05, 0) is 18.8 Å². The second-order valence-corrected chi connectivity index (χ2v) is 7.25. The Balaban J connectivity index is 5.26. The topological polar surface area (TPSA) is 255 Å². The Morgan fingerprint density at radius 3 is 2.00 bits per heavy atom. The Kier molecular flexibility index (Phi) is 13.5. The standard InChI is InChI=1S/C18H35N7O7/c1-3-9(2)13(25-15(29)12(8-27)24-14(28)10(19)7-26)16(30)23-11(17(31)32)5-4-6-22-18(20)21/h9-13,26-27H,3-8,19H2,1-2H3,(H,23,30)(H,24,28)(H,25,29)(H,31,32)(H4,20,21,22). The van der Waals surface area contributed by atoms with Gasteiger partial charge >= 0.3 is 5.97 Å². The van der Waals surface area contributed by atoms with Crippen molar-refractivity contribution in [2.75, 3.05) is 19.8 Å². The maximum atomic E-state index is 12.8. The van der Waals surface area contributed by atoms with Gasteiger partial charge in [0.2, 0.25) is 17.7 Å². The molecule has 0 aliphatic heterocycles. The first-order valence-corrected chi connectivity index (χ1v) is 10.1. The van der Waals surface area contributed by atoms with E-state index < -0.39 is 67.0 Å². The van der Waals surface area contributed by atoms with E-state index in [1.54, 1.807) is 13.8 Å². The third kappa shape index (κ3) is 10.4. The Morgan fingerprint density at radius 1 is 0.938 bits per heavy atom. The minimum absolute atomic E-state index is 0.0490. The maximum absolute atomic E-state index is 12.8. The van der Waals surface area contributed by atoms with E-state index in [-0.39, 0.29) is 18.9 Å². The molecule has 184 valence electrons. The molecule has 0 rings (SSSR count). The fourth-order valence-corrected chi connectivity index (χ4v) is 2.53. The van der Waals surface area contributed by atoms with Crippen LogP contribution in [0.5, 0.6) is 0 Å². The van der Waals surface area contributed by atoms with Gasteiger partial charge in [-0.1, -0.05) is 20.3 Å². The molecule has 0 saturated heterocycles. The molecule has 0 heterocycles. The second kappa shape index (κ2) is 14.9. The zero-order valence-corrected chi connectivity index (χ0v) is 18.3. The van der Waals surface area contributed by atoms with Crippen molar-refractivity contribution in [1.29, 1.82) is 0 Å². The summed E-state index contributed by atoms with van der Waals surface area (Å²) < 4.78 is 0. The first kappa shape index (κ1) is 29.0. The van der Waals surface area contributed by atoms with Crippen molar-refractivity contribution in [1.82, 2.24) is 16.0 Å². The van der Waals surface area contributed by atoms with Crippen LogP contribution in [-0.2, 0) is 19.2 Å². The fourth-order valence-electron chi connectivity index (χ4n) is 2.53. The average molecular weight is 462 g/mol. The molecule has 0 aliphatic carbocycles. The lowest BCUT2D eigenvalue weighted by atomic mass is 9.97. The van der Waals surface area contributed by atoms with Gasteiger partial charge in [0.25, 0.3) is 0 Å². The summed E-state index contributed by atoms with van der Waals surface area (Å²) in [5.41, 5.74) is 15.8. The van der Waals surface area contributed by atoms with E-state index >= 15 is 0 Å². The molecule has 5 unspecified atom stereocenters. The van der Waals surface area contributed by atoms with Crippen molar-refractivity contribution < 1.29 is 34.5 Å². The molecule has 0 aromatic heterocycles. The number of nitrogens with two attached hydrogens (primary N) is 3. The number of hydrogen-bond donors (Lipinski definition) is 9. The van der Waals surface area contributed by atoms with Gasteiger partial charge in [-0.3, -0.25) is 19.4 Å². The van der Waals surface area contributed by atoms with Crippen LogP contribution in [0.1, 0.15) is 33.1 Å². The molecule has 0 saturated carbocycles. The van der Waals surface area contributed by atoms with Crippen molar-refractivity contribution in [3.63, 3.8) is 0 Å². The lowest BCUT2D eigenvalue weighted by Gasteiger charge is -2.27. The van der Waals surface area contributed by atoms with Crippen LogP contribution in [-0.4, -0.2) is 88.9 Å². The average Bonchev–Trinajstić information content (AvgIpc) is 2.75. The van der Waals surface area contributed by atoms with E-state index in [9.17, 15) is 29.4 Å². The second-order valence-electron chi connectivity index (χ2n) is 7.25. The minimum Gasteiger partial charge on any atom is -0.480 e. The largest absolute Gasteiger partial charge is 0.480 e. The lowest BCUT2D eigenvalue weighted by molar-refractivity contribution is -0.143. The number of rotatable bonds is 15. The number of carboxylic acid groups (broad SMARTS) is 1. The zero-order valence-electron chi connectivity index (χ0n) is 18.3. The molecule has 5 atom stereocenters. The lowest BCUT2D eigenvalue weighted by Crippen LogP contribution is -2.59. The number of hydrogen-bond acceptors (Lipinski definition) is 8. The van der Waals surface area contributed by atoms with Crippen molar-refractivity contribution in [2.24, 2.45) is 28.1 Å². The number of nitrogens with zero attached hydrogens (tertiary/aromatic N) is 1. The van der Waals surface area contributed by atoms with Gasteiger partial charge in [-0.2, -0.15) is 0 Å². The van der Waals surface area contributed by atoms with Crippen LogP contribution in [0.15, 0.2) is 4.99 Å². The number of nitrogens with one attached hydrogen (secondary N) is 3. The molecule has 0 bridgehead atoms. The van der Waals surface area contributed by atoms with Crippen LogP contribution in [0.3, 0.4) is 0 Å². The predicted octanol–water partition coefficient (Wildman–Crippen LogP) is -4.06. The van der Waals surface area contributed by atoms with Crippen LogP contribution in [0, 0.1) is 5.92 Å². The van der Waals surface area contributed by atoms with Gasteiger partial charge in [0.15, 0.2) is 5.96 Å². The van der Waals surface area contributed by atoms with Gasteiger partial charge in [-0.25, -0.2) is 4.79 Å². The number of carbonyl (C=O) groups is 4. The Morgan fingerprint density at radius 2 is 1.53 bits per heavy atom. The summed E-state index contributed by atoms with van der Waals surface area (Å²) in [5, 5.41) is 34.7.